The molecule has 2 heterocycles. The van der Waals surface area contributed by atoms with Crippen LogP contribution in [0.15, 0.2) is 63.5 Å². The lowest BCUT2D eigenvalue weighted by molar-refractivity contribution is -0.152. The van der Waals surface area contributed by atoms with Gasteiger partial charge in [0.05, 0.1) is 16.1 Å². The fraction of sp³-hybridized carbons (Fsp3) is 0.100. The number of furan rings is 1. The van der Waals surface area contributed by atoms with Crippen LogP contribution >= 0.6 is 11.6 Å². The van der Waals surface area contributed by atoms with Crippen molar-refractivity contribution in [3.8, 4) is 34.2 Å². The summed E-state index contributed by atoms with van der Waals surface area (Å²) in [6.07, 6.45) is -9.41. The highest BCUT2D eigenvalue weighted by molar-refractivity contribution is 6.33. The van der Waals surface area contributed by atoms with E-state index in [0.29, 0.717) is 0 Å². The van der Waals surface area contributed by atoms with Gasteiger partial charge in [-0.2, -0.15) is 31.3 Å². The van der Waals surface area contributed by atoms with Crippen LogP contribution in [-0.4, -0.2) is 10.1 Å². The van der Waals surface area contributed by atoms with Crippen LogP contribution in [-0.2, 0) is 12.4 Å². The summed E-state index contributed by atoms with van der Waals surface area (Å²) in [5, 5.41) is 3.75. The second-order valence-electron chi connectivity index (χ2n) is 6.33. The molecule has 2 aromatic heterocycles. The van der Waals surface area contributed by atoms with Crippen LogP contribution in [0.1, 0.15) is 11.3 Å². The minimum absolute atomic E-state index is 0.131. The highest BCUT2D eigenvalue weighted by Crippen LogP contribution is 2.43. The zero-order valence-corrected chi connectivity index (χ0v) is 15.8. The number of aromatic nitrogens is 2. The fourth-order valence-corrected chi connectivity index (χ4v) is 3.04. The van der Waals surface area contributed by atoms with Crippen LogP contribution in [0.4, 0.5) is 26.3 Å². The predicted molar refractivity (Wildman–Crippen MR) is 97.9 cm³/mol. The van der Waals surface area contributed by atoms with E-state index >= 15 is 0 Å². The zero-order valence-electron chi connectivity index (χ0n) is 15.1. The Labute approximate surface area is 175 Å². The van der Waals surface area contributed by atoms with Gasteiger partial charge in [0.1, 0.15) is 5.76 Å². The monoisotopic (exact) mass is 458 g/mol. The molecule has 160 valence electrons. The molecule has 31 heavy (non-hydrogen) atoms. The summed E-state index contributed by atoms with van der Waals surface area (Å²) < 4.78 is 88.6. The van der Waals surface area contributed by atoms with Gasteiger partial charge < -0.3 is 8.94 Å². The van der Waals surface area contributed by atoms with Crippen LogP contribution in [0.3, 0.4) is 0 Å². The van der Waals surface area contributed by atoms with Gasteiger partial charge in [0.25, 0.3) is 5.89 Å². The number of nitrogens with zero attached hydrogens (tertiary/aromatic N) is 2. The van der Waals surface area contributed by atoms with Gasteiger partial charge in [-0.05, 0) is 30.3 Å². The predicted octanol–water partition coefficient (Wildman–Crippen LogP) is 7.35. The molecule has 0 unspecified atom stereocenters. The Morgan fingerprint density at radius 3 is 2.10 bits per heavy atom. The Morgan fingerprint density at radius 2 is 1.48 bits per heavy atom. The standard InChI is InChI=1S/C20H9ClF6N2O2/c21-14-4-2-1-3-12(14)15-9-13(16(30-15)20(25,26)27)18-28-17(29-31-18)10-5-7-11(8-6-10)19(22,23)24/h1-9H. The van der Waals surface area contributed by atoms with Crippen molar-refractivity contribution in [2.45, 2.75) is 12.4 Å². The molecule has 0 saturated heterocycles. The molecule has 0 amide bonds. The van der Waals surface area contributed by atoms with E-state index in [2.05, 4.69) is 10.1 Å². The van der Waals surface area contributed by atoms with E-state index in [4.69, 9.17) is 20.5 Å². The third-order valence-corrected chi connectivity index (χ3v) is 4.59. The first kappa shape index (κ1) is 21.0. The summed E-state index contributed by atoms with van der Waals surface area (Å²) in [5.41, 5.74) is -1.05. The van der Waals surface area contributed by atoms with Crippen molar-refractivity contribution in [3.05, 3.63) is 70.9 Å². The third kappa shape index (κ3) is 4.15. The quantitative estimate of drug-likeness (QED) is 0.301. The third-order valence-electron chi connectivity index (χ3n) is 4.26. The molecule has 0 N–H and O–H groups in total. The van der Waals surface area contributed by atoms with Gasteiger partial charge in [0, 0.05) is 11.1 Å². The van der Waals surface area contributed by atoms with Gasteiger partial charge in [-0.1, -0.05) is 41.0 Å². The normalized spacial score (nSPS) is 12.4. The number of alkyl halides is 6. The smallest absolute Gasteiger partial charge is 0.450 e. The van der Waals surface area contributed by atoms with Gasteiger partial charge in [-0.3, -0.25) is 0 Å². The average Bonchev–Trinajstić information content (AvgIpc) is 3.35. The first-order valence-electron chi connectivity index (χ1n) is 8.51. The molecule has 0 radical (unpaired) electrons. The minimum Gasteiger partial charge on any atom is -0.451 e. The molecule has 0 aliphatic carbocycles. The molecule has 2 aromatic carbocycles. The Morgan fingerprint density at radius 1 is 0.806 bits per heavy atom. The van der Waals surface area contributed by atoms with Gasteiger partial charge in [0.2, 0.25) is 11.6 Å². The van der Waals surface area contributed by atoms with Crippen LogP contribution in [0, 0.1) is 0 Å². The number of halogens is 7. The van der Waals surface area contributed by atoms with Crippen molar-refractivity contribution in [1.82, 2.24) is 10.1 Å². The fourth-order valence-electron chi connectivity index (χ4n) is 2.81. The summed E-state index contributed by atoms with van der Waals surface area (Å²) in [4.78, 5) is 3.89. The maximum absolute atomic E-state index is 13.5. The maximum atomic E-state index is 13.5. The molecule has 4 aromatic rings. The van der Waals surface area contributed by atoms with Crippen LogP contribution in [0.5, 0.6) is 0 Å². The summed E-state index contributed by atoms with van der Waals surface area (Å²) in [7, 11) is 0. The van der Waals surface area contributed by atoms with E-state index in [1.165, 1.54) is 12.1 Å². The Kier molecular flexibility index (Phi) is 5.04. The Balaban J connectivity index is 1.75. The zero-order chi connectivity index (χ0) is 22.4. The lowest BCUT2D eigenvalue weighted by Crippen LogP contribution is -2.04. The maximum Gasteiger partial charge on any atom is 0.450 e. The average molecular weight is 459 g/mol. The van der Waals surface area contributed by atoms with E-state index < -0.39 is 35.1 Å². The lowest BCUT2D eigenvalue weighted by Gasteiger charge is -2.05. The molecule has 0 aliphatic rings. The van der Waals surface area contributed by atoms with Crippen molar-refractivity contribution in [1.29, 1.82) is 0 Å². The molecule has 0 fully saturated rings. The van der Waals surface area contributed by atoms with E-state index in [1.807, 2.05) is 0 Å². The largest absolute Gasteiger partial charge is 0.451 e. The van der Waals surface area contributed by atoms with Crippen LogP contribution in [0.25, 0.3) is 34.2 Å². The summed E-state index contributed by atoms with van der Waals surface area (Å²) in [5.74, 6) is -2.23. The molecule has 0 saturated carbocycles. The summed E-state index contributed by atoms with van der Waals surface area (Å²) in [6.45, 7) is 0. The second kappa shape index (κ2) is 7.45. The second-order valence-corrected chi connectivity index (χ2v) is 6.74. The highest BCUT2D eigenvalue weighted by Gasteiger charge is 2.40. The molecular formula is C20H9ClF6N2O2. The van der Waals surface area contributed by atoms with E-state index in [1.54, 1.807) is 12.1 Å². The van der Waals surface area contributed by atoms with Crippen molar-refractivity contribution in [2.24, 2.45) is 0 Å². The van der Waals surface area contributed by atoms with Crippen LogP contribution < -0.4 is 0 Å². The number of hydrogen-bond acceptors (Lipinski definition) is 4. The topological polar surface area (TPSA) is 52.1 Å². The molecule has 11 heteroatoms. The van der Waals surface area contributed by atoms with Gasteiger partial charge in [-0.25, -0.2) is 0 Å². The minimum atomic E-state index is -4.88. The number of rotatable bonds is 3. The van der Waals surface area contributed by atoms with E-state index in [0.717, 1.165) is 30.3 Å². The molecule has 4 nitrogen and oxygen atoms in total. The number of hydrogen-bond donors (Lipinski definition) is 0. The molecule has 0 atom stereocenters. The molecule has 4 rings (SSSR count). The summed E-state index contributed by atoms with van der Waals surface area (Å²) in [6, 6.07) is 11.0. The summed E-state index contributed by atoms with van der Waals surface area (Å²) >= 11 is 6.04. The molecule has 0 bridgehead atoms. The van der Waals surface area contributed by atoms with Gasteiger partial charge >= 0.3 is 12.4 Å². The number of benzene rings is 2. The van der Waals surface area contributed by atoms with Gasteiger partial charge in [-0.15, -0.1) is 0 Å². The molecular weight excluding hydrogens is 450 g/mol. The molecule has 0 spiro atoms. The molecule has 0 aliphatic heterocycles. The van der Waals surface area contributed by atoms with Gasteiger partial charge in [0.15, 0.2) is 0 Å². The van der Waals surface area contributed by atoms with E-state index in [-0.39, 0.29) is 27.7 Å². The van der Waals surface area contributed by atoms with Crippen LogP contribution in [0.2, 0.25) is 5.02 Å². The SMILES string of the molecule is FC(F)(F)c1ccc(-c2noc(-c3cc(-c4ccccc4Cl)oc3C(F)(F)F)n2)cc1. The highest BCUT2D eigenvalue weighted by atomic mass is 35.5. The van der Waals surface area contributed by atoms with Crippen molar-refractivity contribution in [3.63, 3.8) is 0 Å². The van der Waals surface area contributed by atoms with E-state index in [9.17, 15) is 26.3 Å². The van der Waals surface area contributed by atoms with Crippen molar-refractivity contribution < 1.29 is 35.3 Å². The van der Waals surface area contributed by atoms with Crippen molar-refractivity contribution in [2.75, 3.05) is 0 Å². The first-order valence-corrected chi connectivity index (χ1v) is 8.89. The first-order chi connectivity index (χ1) is 14.5. The Bertz CT molecular complexity index is 1230. The Hall–Kier alpha value is -3.27. The lowest BCUT2D eigenvalue weighted by atomic mass is 10.1. The van der Waals surface area contributed by atoms with Crippen molar-refractivity contribution >= 4 is 11.6 Å².